The molecule has 0 atom stereocenters. The van der Waals surface area contributed by atoms with E-state index >= 15 is 0 Å². The molecule has 14 heterocycles. The van der Waals surface area contributed by atoms with E-state index in [1.165, 1.54) is 165 Å². The molecule has 0 aliphatic carbocycles. The van der Waals surface area contributed by atoms with Crippen molar-refractivity contribution in [2.45, 2.75) is 179 Å². The second-order valence-electron chi connectivity index (χ2n) is 38.4. The fourth-order valence-electron chi connectivity index (χ4n) is 18.4. The van der Waals surface area contributed by atoms with E-state index in [1.807, 2.05) is 102 Å². The molecular weight excluding hydrogens is 1690 g/mol. The second-order valence-corrected chi connectivity index (χ2v) is 42.7. The first-order valence-corrected chi connectivity index (χ1v) is 50.3. The number of hydrogen-bond acceptors (Lipinski definition) is 13. The Morgan fingerprint density at radius 2 is 0.511 bits per heavy atom. The highest BCUT2D eigenvalue weighted by molar-refractivity contribution is 7.03. The van der Waals surface area contributed by atoms with Crippen molar-refractivity contribution in [1.82, 2.24) is 64.8 Å². The molecule has 0 amide bonds. The van der Waals surface area contributed by atoms with E-state index in [0.717, 1.165) is 133 Å². The minimum Gasteiger partial charge on any atom is -0.254 e. The number of nitrogens with zero attached hydrogens (tertiary/aromatic N) is 13. The van der Waals surface area contributed by atoms with Crippen LogP contribution in [0.1, 0.15) is 134 Å². The number of pyridine rings is 13. The van der Waals surface area contributed by atoms with Crippen molar-refractivity contribution in [2.24, 2.45) is 0 Å². The number of aromatic nitrogens is 13. The van der Waals surface area contributed by atoms with Crippen molar-refractivity contribution < 1.29 is 0 Å². The van der Waals surface area contributed by atoms with Crippen LogP contribution in [0.4, 0.5) is 0 Å². The molecular formula is C123H119N13Si. The van der Waals surface area contributed by atoms with E-state index < -0.39 is 8.07 Å². The Balaban J connectivity index is 0.000000108. The van der Waals surface area contributed by atoms with Crippen molar-refractivity contribution in [1.29, 1.82) is 0 Å². The van der Waals surface area contributed by atoms with Gasteiger partial charge in [0.25, 0.3) is 0 Å². The summed E-state index contributed by atoms with van der Waals surface area (Å²) in [4.78, 5) is 59.6. The number of fused-ring (bicyclic) bond motifs is 23. The molecule has 0 N–H and O–H groups in total. The van der Waals surface area contributed by atoms with Crippen LogP contribution in [0.15, 0.2) is 250 Å². The SMILES string of the molecule is Cc1cc2ccc3c(C)ccnc3c2nc1C.Cc1ccc2c(c1)[Si](C)(C)c1cc(C)c(C)cc1-2.Cc1ccc2cc3cc(C)c(C)cc3nc2c1.Cc1ccc2ccc3c(C)c(C)cnc3c2n1.Cc1ccc2ccc3cc(C)c(C)nc3c2n1.Cc1cnc2c(ccc3c(C)c(C)cnc32)c1.Cc1cnc2c(ccc3c(C)ccnc32)c1C.Cc1cnc2c(ccc3cc(C)c(C)nc32)c1. The average molecular weight is 1810 g/mol. The van der Waals surface area contributed by atoms with E-state index in [4.69, 9.17) is 4.98 Å². The third-order valence-corrected chi connectivity index (χ3v) is 31.3. The molecule has 1 aliphatic heterocycles. The summed E-state index contributed by atoms with van der Waals surface area (Å²) in [5.41, 5.74) is 46.7. The lowest BCUT2D eigenvalue weighted by Gasteiger charge is -2.19. The van der Waals surface area contributed by atoms with Crippen molar-refractivity contribution in [2.75, 3.05) is 0 Å². The molecule has 0 bridgehead atoms. The predicted octanol–water partition coefficient (Wildman–Crippen LogP) is 30.0. The lowest BCUT2D eigenvalue weighted by Crippen LogP contribution is -2.49. The van der Waals surface area contributed by atoms with Crippen LogP contribution in [0.3, 0.4) is 0 Å². The van der Waals surface area contributed by atoms with Crippen molar-refractivity contribution >= 4 is 171 Å². The molecule has 1 aliphatic rings. The zero-order chi connectivity index (χ0) is 97.0. The Morgan fingerprint density at radius 1 is 0.182 bits per heavy atom. The maximum absolute atomic E-state index is 4.74. The fourth-order valence-corrected chi connectivity index (χ4v) is 21.6. The second kappa shape index (κ2) is 38.4. The van der Waals surface area contributed by atoms with Crippen molar-refractivity contribution in [3.63, 3.8) is 0 Å². The molecule has 13 aromatic heterocycles. The lowest BCUT2D eigenvalue weighted by atomic mass is 10.00. The molecule has 0 radical (unpaired) electrons. The summed E-state index contributed by atoms with van der Waals surface area (Å²) in [5.74, 6) is 0. The van der Waals surface area contributed by atoms with E-state index in [-0.39, 0.29) is 0 Å². The zero-order valence-electron chi connectivity index (χ0n) is 84.0. The maximum Gasteiger partial charge on any atom is 0.113 e. The molecule has 23 aromatic rings. The summed E-state index contributed by atoms with van der Waals surface area (Å²) < 4.78 is 0. The smallest absolute Gasteiger partial charge is 0.113 e. The zero-order valence-corrected chi connectivity index (χ0v) is 85.0. The third kappa shape index (κ3) is 19.0. The average Bonchev–Trinajstić information content (AvgIpc) is 1.58. The van der Waals surface area contributed by atoms with Crippen molar-refractivity contribution in [3.8, 4) is 11.1 Å². The molecule has 13 nitrogen and oxygen atoms in total. The van der Waals surface area contributed by atoms with Crippen LogP contribution < -0.4 is 10.4 Å². The Kier molecular flexibility index (Phi) is 26.3. The fraction of sp³-hybridized carbons (Fsp3) is 0.211. The van der Waals surface area contributed by atoms with Gasteiger partial charge in [0.05, 0.1) is 77.2 Å². The van der Waals surface area contributed by atoms with Crippen LogP contribution in [0.5, 0.6) is 0 Å². The first kappa shape index (κ1) is 93.8. The van der Waals surface area contributed by atoms with Gasteiger partial charge in [0, 0.05) is 147 Å². The van der Waals surface area contributed by atoms with Gasteiger partial charge in [0.15, 0.2) is 0 Å². The Labute approximate surface area is 804 Å². The highest BCUT2D eigenvalue weighted by atomic mass is 28.3. The van der Waals surface area contributed by atoms with Crippen LogP contribution in [-0.2, 0) is 0 Å². The largest absolute Gasteiger partial charge is 0.254 e. The van der Waals surface area contributed by atoms with Crippen LogP contribution >= 0.6 is 0 Å². The first-order chi connectivity index (χ1) is 65.5. The van der Waals surface area contributed by atoms with Gasteiger partial charge in [-0.25, -0.2) is 4.98 Å². The molecule has 10 aromatic carbocycles. The number of benzene rings is 10. The van der Waals surface area contributed by atoms with Crippen LogP contribution in [0, 0.1) is 166 Å². The molecule has 0 spiro atoms. The summed E-state index contributed by atoms with van der Waals surface area (Å²) in [5, 5.41) is 19.8. The molecule has 0 unspecified atom stereocenters. The summed E-state index contributed by atoms with van der Waals surface area (Å²) in [7, 11) is -1.47. The summed E-state index contributed by atoms with van der Waals surface area (Å²) >= 11 is 0. The summed E-state index contributed by atoms with van der Waals surface area (Å²) in [6, 6.07) is 73.6. The standard InChI is InChI=1S/C17H20Si.C16H15N.6C15H14N2/c1-11-6-7-14-15-9-12(2)13(3)10-17(15)18(4,5)16(14)8-11;1-10-4-5-13-9-14-7-11(2)12(3)8-16(14)17-15(13)6-10;1-9-6-12-4-5-13-7-10(2)11(3)17-15(13)14(12)16-8-9;1-9-6-12-4-5-13-11(3)10(2)8-17-15(13)14(12)16-7-9;1-9-8-16-15-13(11(9)3)7-6-12-5-4-10(2)17-14(12)15;1-9-8-13-7-6-12-5-4-10(2)16-14(12)15(13)17-11(9)3;1-9-6-7-16-14-12(9)4-5-13-11(3)10(2)8-17-15(13)14;1-9-6-7-16-15-13(9)5-4-12-8-10(2)11(3)17-14(12)15/h6-10H,1-5H3;4-9H,1-3H3;6*4-8H,1-3H3. The monoisotopic (exact) mass is 1810 g/mol. The van der Waals surface area contributed by atoms with E-state index in [9.17, 15) is 0 Å². The van der Waals surface area contributed by atoms with Gasteiger partial charge in [0.2, 0.25) is 0 Å². The minimum atomic E-state index is -1.47. The highest BCUT2D eigenvalue weighted by Crippen LogP contribution is 2.36. The predicted molar refractivity (Wildman–Crippen MR) is 584 cm³/mol. The van der Waals surface area contributed by atoms with Gasteiger partial charge in [-0.05, 0) is 367 Å². The van der Waals surface area contributed by atoms with Crippen LogP contribution in [0.25, 0.3) is 164 Å². The van der Waals surface area contributed by atoms with Gasteiger partial charge in [-0.15, -0.1) is 0 Å². The third-order valence-electron chi connectivity index (χ3n) is 27.8. The molecule has 0 fully saturated rings. The quantitative estimate of drug-likeness (QED) is 0.0800. The summed E-state index contributed by atoms with van der Waals surface area (Å²) in [6.07, 6.45) is 13.3. The number of hydrogen-bond donors (Lipinski definition) is 0. The van der Waals surface area contributed by atoms with E-state index in [1.54, 1.807) is 10.4 Å². The first-order valence-electron chi connectivity index (χ1n) is 47.3. The van der Waals surface area contributed by atoms with Gasteiger partial charge in [0.1, 0.15) is 8.07 Å². The maximum atomic E-state index is 4.74. The molecule has 24 rings (SSSR count). The van der Waals surface area contributed by atoms with Crippen LogP contribution in [0.2, 0.25) is 13.1 Å². The highest BCUT2D eigenvalue weighted by Gasteiger charge is 2.38. The van der Waals surface area contributed by atoms with E-state index in [2.05, 4.69) is 386 Å². The van der Waals surface area contributed by atoms with Crippen LogP contribution in [-0.4, -0.2) is 72.9 Å². The van der Waals surface area contributed by atoms with Gasteiger partial charge in [-0.1, -0.05) is 146 Å². The molecule has 0 saturated carbocycles. The molecule has 137 heavy (non-hydrogen) atoms. The Hall–Kier alpha value is -15.0. The Morgan fingerprint density at radius 3 is 1.04 bits per heavy atom. The normalized spacial score (nSPS) is 11.8. The topological polar surface area (TPSA) is 168 Å². The lowest BCUT2D eigenvalue weighted by molar-refractivity contribution is 1.19. The van der Waals surface area contributed by atoms with Gasteiger partial charge in [-0.3, -0.25) is 59.8 Å². The Bertz CT molecular complexity index is 8530. The van der Waals surface area contributed by atoms with E-state index in [0.29, 0.717) is 0 Å². The molecule has 680 valence electrons. The molecule has 0 saturated heterocycles. The minimum absolute atomic E-state index is 0.996. The van der Waals surface area contributed by atoms with Crippen molar-refractivity contribution in [3.05, 3.63) is 384 Å². The van der Waals surface area contributed by atoms with Gasteiger partial charge >= 0.3 is 0 Å². The molecule has 14 heteroatoms. The van der Waals surface area contributed by atoms with Gasteiger partial charge < -0.3 is 0 Å². The van der Waals surface area contributed by atoms with Gasteiger partial charge in [-0.2, -0.15) is 0 Å². The number of rotatable bonds is 0. The summed E-state index contributed by atoms with van der Waals surface area (Å²) in [6.45, 7) is 55.5. The number of aryl methyl sites for hydroxylation is 24.